The summed E-state index contributed by atoms with van der Waals surface area (Å²) >= 11 is 5.85. The second kappa shape index (κ2) is 7.67. The fraction of sp³-hybridized carbons (Fsp3) is 0.417. The van der Waals surface area contributed by atoms with Crippen molar-refractivity contribution in [3.05, 3.63) is 52.7 Å². The van der Waals surface area contributed by atoms with Gasteiger partial charge in [0.25, 0.3) is 0 Å². The van der Waals surface area contributed by atoms with Gasteiger partial charge in [-0.25, -0.2) is 9.88 Å². The summed E-state index contributed by atoms with van der Waals surface area (Å²) in [6.07, 6.45) is -2.95. The van der Waals surface area contributed by atoms with Gasteiger partial charge in [-0.1, -0.05) is 11.6 Å². The number of hydrogen-bond acceptors (Lipinski definition) is 6. The van der Waals surface area contributed by atoms with Crippen LogP contribution in [0.25, 0.3) is 0 Å². The number of halogens is 4. The second-order valence-electron chi connectivity index (χ2n) is 9.43. The Kier molecular flexibility index (Phi) is 5.17. The Morgan fingerprint density at radius 1 is 1.23 bits per heavy atom. The SMILES string of the molecule is C[C@]12O[C@](C)(C[C@H]1COc1ccc(Cl)cn1)[C@H]1C(=O)N(c3ccc(C#N)c(C(F)(F)F)c3)C(=O)[C@H]12. The molecule has 3 aliphatic rings. The molecule has 2 amide bonds. The van der Waals surface area contributed by atoms with Crippen molar-refractivity contribution in [2.75, 3.05) is 11.5 Å². The Labute approximate surface area is 203 Å². The van der Waals surface area contributed by atoms with Gasteiger partial charge in [0.2, 0.25) is 17.7 Å². The lowest BCUT2D eigenvalue weighted by molar-refractivity contribution is -0.138. The maximum absolute atomic E-state index is 13.5. The smallest absolute Gasteiger partial charge is 0.417 e. The van der Waals surface area contributed by atoms with Gasteiger partial charge < -0.3 is 9.47 Å². The van der Waals surface area contributed by atoms with Crippen LogP contribution in [0, 0.1) is 29.1 Å². The van der Waals surface area contributed by atoms with Gasteiger partial charge in [0.1, 0.15) is 0 Å². The zero-order chi connectivity index (χ0) is 25.3. The van der Waals surface area contributed by atoms with Gasteiger partial charge in [-0.2, -0.15) is 18.4 Å². The molecule has 0 aliphatic carbocycles. The Bertz CT molecular complexity index is 1280. The number of carbonyl (C=O) groups is 2. The molecule has 3 saturated heterocycles. The molecule has 0 radical (unpaired) electrons. The quantitative estimate of drug-likeness (QED) is 0.573. The van der Waals surface area contributed by atoms with Crippen LogP contribution >= 0.6 is 11.6 Å². The molecule has 0 N–H and O–H groups in total. The average Bonchev–Trinajstić information content (AvgIpc) is 3.32. The van der Waals surface area contributed by atoms with E-state index in [0.717, 1.165) is 11.0 Å². The molecule has 35 heavy (non-hydrogen) atoms. The third kappa shape index (κ3) is 3.48. The highest BCUT2D eigenvalue weighted by molar-refractivity contribution is 6.30. The number of nitriles is 1. The molecule has 5 rings (SSSR count). The molecule has 0 saturated carbocycles. The molecule has 11 heteroatoms. The van der Waals surface area contributed by atoms with E-state index < -0.39 is 52.2 Å². The number of nitrogens with zero attached hydrogens (tertiary/aromatic N) is 3. The predicted molar refractivity (Wildman–Crippen MR) is 116 cm³/mol. The normalized spacial score (nSPS) is 31.6. The molecule has 0 unspecified atom stereocenters. The van der Waals surface area contributed by atoms with E-state index in [1.807, 2.05) is 0 Å². The molecule has 0 spiro atoms. The summed E-state index contributed by atoms with van der Waals surface area (Å²) in [5, 5.41) is 9.51. The number of pyridine rings is 1. The number of rotatable bonds is 4. The van der Waals surface area contributed by atoms with Crippen LogP contribution in [0.3, 0.4) is 0 Å². The Hall–Kier alpha value is -3.16. The van der Waals surface area contributed by atoms with Crippen LogP contribution in [0.4, 0.5) is 18.9 Å². The first kappa shape index (κ1) is 23.6. The molecular formula is C24H19ClF3N3O4. The standard InChI is InChI=1S/C24H19ClF3N3O4/c1-22-8-13(11-34-17-6-4-14(25)10-30-17)23(2,35-22)19-18(22)20(32)31(21(19)33)15-5-3-12(9-29)16(7-15)24(26,27)28/h3-7,10,13,18-19H,8,11H2,1-2H3/t13-,18+,19-,22+,23-/m0/s1. The average molecular weight is 506 g/mol. The number of anilines is 1. The summed E-state index contributed by atoms with van der Waals surface area (Å²) in [5.74, 6) is -2.88. The van der Waals surface area contributed by atoms with Gasteiger partial charge in [0, 0.05) is 18.2 Å². The fourth-order valence-corrected chi connectivity index (χ4v) is 5.92. The molecule has 1 aromatic carbocycles. The van der Waals surface area contributed by atoms with Crippen LogP contribution in [0.1, 0.15) is 31.4 Å². The molecule has 7 nitrogen and oxygen atoms in total. The summed E-state index contributed by atoms with van der Waals surface area (Å²) in [7, 11) is 0. The van der Waals surface area contributed by atoms with Crippen molar-refractivity contribution in [1.82, 2.24) is 4.98 Å². The first-order valence-corrected chi connectivity index (χ1v) is 11.2. The monoisotopic (exact) mass is 505 g/mol. The van der Waals surface area contributed by atoms with E-state index in [4.69, 9.17) is 26.3 Å². The van der Waals surface area contributed by atoms with E-state index in [2.05, 4.69) is 4.98 Å². The number of amides is 2. The van der Waals surface area contributed by atoms with Gasteiger partial charge in [-0.05, 0) is 44.5 Å². The van der Waals surface area contributed by atoms with Gasteiger partial charge in [0.15, 0.2) is 0 Å². The van der Waals surface area contributed by atoms with Gasteiger partial charge in [-0.15, -0.1) is 0 Å². The van der Waals surface area contributed by atoms with E-state index in [1.54, 1.807) is 26.0 Å². The maximum atomic E-state index is 13.5. The van der Waals surface area contributed by atoms with E-state index in [9.17, 15) is 22.8 Å². The molecule has 2 aromatic rings. The number of benzene rings is 1. The van der Waals surface area contributed by atoms with Crippen molar-refractivity contribution in [2.24, 2.45) is 17.8 Å². The molecule has 4 heterocycles. The highest BCUT2D eigenvalue weighted by Gasteiger charge is 2.75. The summed E-state index contributed by atoms with van der Waals surface area (Å²) in [6, 6.07) is 7.57. The van der Waals surface area contributed by atoms with Crippen molar-refractivity contribution in [2.45, 2.75) is 37.6 Å². The van der Waals surface area contributed by atoms with Crippen molar-refractivity contribution < 1.29 is 32.2 Å². The number of carbonyl (C=O) groups excluding carboxylic acids is 2. The van der Waals surface area contributed by atoms with E-state index in [0.29, 0.717) is 23.4 Å². The predicted octanol–water partition coefficient (Wildman–Crippen LogP) is 4.38. The minimum absolute atomic E-state index is 0.167. The second-order valence-corrected chi connectivity index (χ2v) is 9.87. The maximum Gasteiger partial charge on any atom is 0.417 e. The van der Waals surface area contributed by atoms with Crippen LogP contribution in [-0.4, -0.2) is 34.6 Å². The first-order chi connectivity index (χ1) is 16.4. The highest BCUT2D eigenvalue weighted by Crippen LogP contribution is 2.63. The van der Waals surface area contributed by atoms with Crippen LogP contribution in [0.2, 0.25) is 5.02 Å². The lowest BCUT2D eigenvalue weighted by Gasteiger charge is -2.35. The van der Waals surface area contributed by atoms with Crippen molar-refractivity contribution in [1.29, 1.82) is 5.26 Å². The Morgan fingerprint density at radius 3 is 2.57 bits per heavy atom. The zero-order valence-electron chi connectivity index (χ0n) is 18.6. The van der Waals surface area contributed by atoms with Crippen molar-refractivity contribution >= 4 is 29.1 Å². The van der Waals surface area contributed by atoms with Crippen LogP contribution < -0.4 is 9.64 Å². The van der Waals surface area contributed by atoms with Gasteiger partial charge in [-0.3, -0.25) is 9.59 Å². The largest absolute Gasteiger partial charge is 0.477 e. The van der Waals surface area contributed by atoms with Crippen LogP contribution in [0.15, 0.2) is 36.5 Å². The molecule has 3 aliphatic heterocycles. The number of alkyl halides is 3. The minimum atomic E-state index is -4.82. The molecule has 2 bridgehead atoms. The van der Waals surface area contributed by atoms with Crippen LogP contribution in [0.5, 0.6) is 5.88 Å². The topological polar surface area (TPSA) is 92.5 Å². The fourth-order valence-electron chi connectivity index (χ4n) is 5.80. The third-order valence-electron chi connectivity index (χ3n) is 7.32. The summed E-state index contributed by atoms with van der Waals surface area (Å²) < 4.78 is 52.5. The molecule has 182 valence electrons. The van der Waals surface area contributed by atoms with E-state index in [1.165, 1.54) is 18.3 Å². The Morgan fingerprint density at radius 2 is 1.94 bits per heavy atom. The van der Waals surface area contributed by atoms with E-state index >= 15 is 0 Å². The van der Waals surface area contributed by atoms with E-state index in [-0.39, 0.29) is 18.2 Å². The lowest BCUT2D eigenvalue weighted by Crippen LogP contribution is -2.48. The number of fused-ring (bicyclic) bond motifs is 5. The summed E-state index contributed by atoms with van der Waals surface area (Å²) in [6.45, 7) is 3.65. The molecule has 1 aromatic heterocycles. The van der Waals surface area contributed by atoms with Gasteiger partial charge in [0.05, 0.1) is 57.6 Å². The van der Waals surface area contributed by atoms with Gasteiger partial charge >= 0.3 is 6.18 Å². The number of ether oxygens (including phenoxy) is 2. The summed E-state index contributed by atoms with van der Waals surface area (Å²) in [5.41, 5.74) is -4.05. The molecule has 5 atom stereocenters. The van der Waals surface area contributed by atoms with Crippen LogP contribution in [-0.2, 0) is 20.5 Å². The van der Waals surface area contributed by atoms with Crippen molar-refractivity contribution in [3.8, 4) is 11.9 Å². The number of hydrogen-bond donors (Lipinski definition) is 0. The Balaban J connectivity index is 1.45. The zero-order valence-corrected chi connectivity index (χ0v) is 19.4. The third-order valence-corrected chi connectivity index (χ3v) is 7.54. The summed E-state index contributed by atoms with van der Waals surface area (Å²) in [4.78, 5) is 31.8. The first-order valence-electron chi connectivity index (χ1n) is 10.8. The number of aromatic nitrogens is 1. The molecule has 3 fully saturated rings. The lowest BCUT2D eigenvalue weighted by atomic mass is 9.64. The number of imide groups is 1. The minimum Gasteiger partial charge on any atom is -0.477 e. The van der Waals surface area contributed by atoms with Crippen molar-refractivity contribution in [3.63, 3.8) is 0 Å². The highest BCUT2D eigenvalue weighted by atomic mass is 35.5. The molecular weight excluding hydrogens is 487 g/mol.